The lowest BCUT2D eigenvalue weighted by Gasteiger charge is -2.05. The second kappa shape index (κ2) is 6.88. The van der Waals surface area contributed by atoms with Crippen molar-refractivity contribution in [3.05, 3.63) is 42.2 Å². The van der Waals surface area contributed by atoms with Crippen molar-refractivity contribution in [2.75, 3.05) is 6.61 Å². The van der Waals surface area contributed by atoms with Crippen LogP contribution in [0.15, 0.2) is 36.5 Å². The van der Waals surface area contributed by atoms with Crippen molar-refractivity contribution < 1.29 is 9.53 Å². The van der Waals surface area contributed by atoms with E-state index in [9.17, 15) is 4.79 Å². The van der Waals surface area contributed by atoms with E-state index in [-0.39, 0.29) is 5.97 Å². The summed E-state index contributed by atoms with van der Waals surface area (Å²) >= 11 is 0. The van der Waals surface area contributed by atoms with Crippen molar-refractivity contribution >= 4 is 16.7 Å². The number of unbranched alkanes of at least 4 members (excludes halogenated alkanes) is 1. The van der Waals surface area contributed by atoms with Crippen molar-refractivity contribution in [3.8, 4) is 0 Å². The summed E-state index contributed by atoms with van der Waals surface area (Å²) in [5.74, 6) is -0.103. The second-order valence-electron chi connectivity index (χ2n) is 4.49. The van der Waals surface area contributed by atoms with E-state index in [2.05, 4.69) is 17.1 Å². The predicted octanol–water partition coefficient (Wildman–Crippen LogP) is 3.51. The molecule has 2 aromatic rings. The lowest BCUT2D eigenvalue weighted by atomic mass is 10.1. The van der Waals surface area contributed by atoms with Gasteiger partial charge in [-0.3, -0.25) is 9.78 Å². The molecule has 1 aromatic carbocycles. The zero-order valence-corrected chi connectivity index (χ0v) is 11.3. The molecule has 3 heteroatoms. The quantitative estimate of drug-likeness (QED) is 0.587. The number of pyridine rings is 1. The summed E-state index contributed by atoms with van der Waals surface area (Å²) in [4.78, 5) is 15.7. The number of carbonyl (C=O) groups excluding carboxylic acids is 1. The molecule has 1 aromatic heterocycles. The van der Waals surface area contributed by atoms with Gasteiger partial charge in [-0.2, -0.15) is 0 Å². The van der Waals surface area contributed by atoms with E-state index in [1.54, 1.807) is 0 Å². The molecule has 2 rings (SSSR count). The average molecular weight is 257 g/mol. The lowest BCUT2D eigenvalue weighted by molar-refractivity contribution is -0.143. The smallest absolute Gasteiger partial charge is 0.305 e. The number of ether oxygens (including phenoxy) is 1. The molecule has 0 bridgehead atoms. The minimum atomic E-state index is -0.103. The Labute approximate surface area is 113 Å². The number of hydrogen-bond donors (Lipinski definition) is 0. The zero-order chi connectivity index (χ0) is 13.5. The second-order valence-corrected chi connectivity index (χ2v) is 4.49. The highest BCUT2D eigenvalue weighted by Crippen LogP contribution is 2.18. The Kier molecular flexibility index (Phi) is 4.90. The maximum absolute atomic E-state index is 11.2. The number of rotatable bonds is 6. The Hall–Kier alpha value is -1.90. The topological polar surface area (TPSA) is 39.2 Å². The predicted molar refractivity (Wildman–Crippen MR) is 75.9 cm³/mol. The molecule has 0 saturated carbocycles. The molecule has 0 spiro atoms. The summed E-state index contributed by atoms with van der Waals surface area (Å²) in [5, 5.41) is 2.43. The van der Waals surface area contributed by atoms with E-state index in [1.165, 1.54) is 10.8 Å². The van der Waals surface area contributed by atoms with E-state index in [0.717, 1.165) is 25.0 Å². The van der Waals surface area contributed by atoms with Crippen LogP contribution in [0.4, 0.5) is 0 Å². The molecule has 0 fully saturated rings. The van der Waals surface area contributed by atoms with Crippen molar-refractivity contribution in [1.29, 1.82) is 0 Å². The van der Waals surface area contributed by atoms with Crippen molar-refractivity contribution in [2.24, 2.45) is 0 Å². The maximum Gasteiger partial charge on any atom is 0.305 e. The Balaban J connectivity index is 1.90. The maximum atomic E-state index is 11.2. The first-order chi connectivity index (χ1) is 9.31. The lowest BCUT2D eigenvalue weighted by Crippen LogP contribution is -2.03. The molecule has 0 unspecified atom stereocenters. The molecule has 19 heavy (non-hydrogen) atoms. The van der Waals surface area contributed by atoms with Crippen LogP contribution in [0.5, 0.6) is 0 Å². The molecule has 0 radical (unpaired) electrons. The van der Waals surface area contributed by atoms with Crippen LogP contribution in [0.1, 0.15) is 31.9 Å². The Morgan fingerprint density at radius 3 is 2.89 bits per heavy atom. The van der Waals surface area contributed by atoms with Crippen LogP contribution < -0.4 is 0 Å². The van der Waals surface area contributed by atoms with Gasteiger partial charge in [-0.05, 0) is 37.6 Å². The fourth-order valence-corrected chi connectivity index (χ4v) is 2.18. The van der Waals surface area contributed by atoms with Gasteiger partial charge in [0.05, 0.1) is 6.61 Å². The molecule has 0 aliphatic rings. The van der Waals surface area contributed by atoms with E-state index in [1.807, 2.05) is 31.3 Å². The molecule has 0 amide bonds. The number of hydrogen-bond acceptors (Lipinski definition) is 3. The standard InChI is InChI=1S/C16H19NO2/c1-2-19-16(18)10-6-5-9-15-14-8-4-3-7-13(14)11-12-17-15/h3-4,7-8,11-12H,2,5-6,9-10H2,1H3. The number of benzene rings is 1. The van der Waals surface area contributed by atoms with Crippen LogP contribution in [-0.2, 0) is 16.0 Å². The van der Waals surface area contributed by atoms with Crippen LogP contribution in [0.25, 0.3) is 10.8 Å². The molecule has 3 nitrogen and oxygen atoms in total. The molecule has 0 atom stereocenters. The van der Waals surface area contributed by atoms with Gasteiger partial charge in [-0.15, -0.1) is 0 Å². The highest BCUT2D eigenvalue weighted by atomic mass is 16.5. The van der Waals surface area contributed by atoms with E-state index >= 15 is 0 Å². The monoisotopic (exact) mass is 257 g/mol. The van der Waals surface area contributed by atoms with E-state index < -0.39 is 0 Å². The summed E-state index contributed by atoms with van der Waals surface area (Å²) in [6, 6.07) is 10.3. The first-order valence-corrected chi connectivity index (χ1v) is 6.79. The molecular weight excluding hydrogens is 238 g/mol. The van der Waals surface area contributed by atoms with Gasteiger partial charge in [0.1, 0.15) is 0 Å². The summed E-state index contributed by atoms with van der Waals surface area (Å²) in [5.41, 5.74) is 1.11. The minimum absolute atomic E-state index is 0.103. The number of carbonyl (C=O) groups is 1. The number of aryl methyl sites for hydroxylation is 1. The van der Waals surface area contributed by atoms with Crippen LogP contribution in [0, 0.1) is 0 Å². The number of aromatic nitrogens is 1. The summed E-state index contributed by atoms with van der Waals surface area (Å²) in [6.45, 7) is 2.29. The van der Waals surface area contributed by atoms with Gasteiger partial charge in [0, 0.05) is 23.7 Å². The number of esters is 1. The molecule has 0 aliphatic carbocycles. The third-order valence-corrected chi connectivity index (χ3v) is 3.11. The number of fused-ring (bicyclic) bond motifs is 1. The van der Waals surface area contributed by atoms with Crippen molar-refractivity contribution in [1.82, 2.24) is 4.98 Å². The van der Waals surface area contributed by atoms with Crippen LogP contribution in [0.3, 0.4) is 0 Å². The van der Waals surface area contributed by atoms with Gasteiger partial charge in [-0.25, -0.2) is 0 Å². The first-order valence-electron chi connectivity index (χ1n) is 6.79. The van der Waals surface area contributed by atoms with Crippen molar-refractivity contribution in [2.45, 2.75) is 32.6 Å². The summed E-state index contributed by atoms with van der Waals surface area (Å²) < 4.78 is 4.91. The SMILES string of the molecule is CCOC(=O)CCCCc1nccc2ccccc12. The highest BCUT2D eigenvalue weighted by molar-refractivity contribution is 5.84. The minimum Gasteiger partial charge on any atom is -0.466 e. The fraction of sp³-hybridized carbons (Fsp3) is 0.375. The third-order valence-electron chi connectivity index (χ3n) is 3.11. The van der Waals surface area contributed by atoms with Gasteiger partial charge >= 0.3 is 5.97 Å². The Bertz CT molecular complexity index is 546. The van der Waals surface area contributed by atoms with Gasteiger partial charge < -0.3 is 4.74 Å². The van der Waals surface area contributed by atoms with Gasteiger partial charge in [0.15, 0.2) is 0 Å². The molecular formula is C16H19NO2. The summed E-state index contributed by atoms with van der Waals surface area (Å²) in [6.07, 6.45) is 5.06. The Morgan fingerprint density at radius 2 is 2.05 bits per heavy atom. The number of nitrogens with zero attached hydrogens (tertiary/aromatic N) is 1. The molecule has 100 valence electrons. The molecule has 0 saturated heterocycles. The molecule has 0 N–H and O–H groups in total. The summed E-state index contributed by atoms with van der Waals surface area (Å²) in [7, 11) is 0. The first kappa shape index (κ1) is 13.5. The zero-order valence-electron chi connectivity index (χ0n) is 11.3. The normalized spacial score (nSPS) is 10.6. The van der Waals surface area contributed by atoms with Gasteiger partial charge in [0.2, 0.25) is 0 Å². The molecule has 0 aliphatic heterocycles. The van der Waals surface area contributed by atoms with Gasteiger partial charge in [-0.1, -0.05) is 24.3 Å². The van der Waals surface area contributed by atoms with E-state index in [4.69, 9.17) is 4.74 Å². The largest absolute Gasteiger partial charge is 0.466 e. The van der Waals surface area contributed by atoms with Crippen molar-refractivity contribution in [3.63, 3.8) is 0 Å². The van der Waals surface area contributed by atoms with E-state index in [0.29, 0.717) is 13.0 Å². The van der Waals surface area contributed by atoms with Crippen LogP contribution in [-0.4, -0.2) is 17.6 Å². The third kappa shape index (κ3) is 3.78. The van der Waals surface area contributed by atoms with Crippen LogP contribution >= 0.6 is 0 Å². The van der Waals surface area contributed by atoms with Gasteiger partial charge in [0.25, 0.3) is 0 Å². The average Bonchev–Trinajstić information content (AvgIpc) is 2.44. The highest BCUT2D eigenvalue weighted by Gasteiger charge is 2.04. The molecule has 1 heterocycles. The van der Waals surface area contributed by atoms with Crippen LogP contribution in [0.2, 0.25) is 0 Å². The fourth-order valence-electron chi connectivity index (χ4n) is 2.18. The Morgan fingerprint density at radius 1 is 1.21 bits per heavy atom.